The Morgan fingerprint density at radius 3 is 1.40 bits per heavy atom. The fraction of sp³-hybridized carbons (Fsp3) is 0.944. The van der Waals surface area contributed by atoms with Gasteiger partial charge < -0.3 is 25.2 Å². The first-order valence-corrected chi connectivity index (χ1v) is 20.6. The molecule has 0 aromatic rings. The van der Waals surface area contributed by atoms with Gasteiger partial charge >= 0.3 is 19.8 Å². The maximum atomic E-state index is 12.5. The minimum absolute atomic E-state index is 0.0247. The molecule has 0 rings (SSSR count). The fourth-order valence-electron chi connectivity index (χ4n) is 5.37. The molecule has 280 valence electrons. The second-order valence-electron chi connectivity index (χ2n) is 13.1. The molecule has 0 aromatic carbocycles. The third kappa shape index (κ3) is 33.3. The van der Waals surface area contributed by atoms with Crippen molar-refractivity contribution in [1.82, 2.24) is 0 Å². The summed E-state index contributed by atoms with van der Waals surface area (Å²) in [4.78, 5) is 33.3. The summed E-state index contributed by atoms with van der Waals surface area (Å²) in [7, 11) is -4.60. The van der Waals surface area contributed by atoms with Crippen LogP contribution in [0.25, 0.3) is 0 Å². The highest BCUT2D eigenvalue weighted by Crippen LogP contribution is 2.43. The maximum Gasteiger partial charge on any atom is 0.472 e. The summed E-state index contributed by atoms with van der Waals surface area (Å²) in [6.45, 7) is 3.87. The second-order valence-corrected chi connectivity index (χ2v) is 14.5. The van der Waals surface area contributed by atoms with E-state index in [0.717, 1.165) is 38.5 Å². The fourth-order valence-corrected chi connectivity index (χ4v) is 6.15. The molecule has 10 nitrogen and oxygen atoms in total. The van der Waals surface area contributed by atoms with Crippen molar-refractivity contribution < 1.29 is 42.7 Å². The number of phosphoric acid groups is 1. The van der Waals surface area contributed by atoms with E-state index in [1.165, 1.54) is 122 Å². The molecule has 0 spiro atoms. The molecule has 0 radical (unpaired) electrons. The molecule has 3 atom stereocenters. The molecule has 0 saturated heterocycles. The van der Waals surface area contributed by atoms with Crippen LogP contribution in [0.1, 0.15) is 181 Å². The summed E-state index contributed by atoms with van der Waals surface area (Å²) in [6, 6.07) is -1.47. The van der Waals surface area contributed by atoms with Gasteiger partial charge in [-0.25, -0.2) is 4.57 Å². The van der Waals surface area contributed by atoms with Crippen molar-refractivity contribution in [3.8, 4) is 0 Å². The molecule has 0 heterocycles. The van der Waals surface area contributed by atoms with Crippen molar-refractivity contribution in [1.29, 1.82) is 0 Å². The highest BCUT2D eigenvalue weighted by Gasteiger charge is 2.27. The number of hydrogen-bond acceptors (Lipinski definition) is 8. The Morgan fingerprint density at radius 2 is 0.979 bits per heavy atom. The predicted molar refractivity (Wildman–Crippen MR) is 189 cm³/mol. The van der Waals surface area contributed by atoms with Gasteiger partial charge in [-0.05, 0) is 12.8 Å². The monoisotopic (exact) mass is 693 g/mol. The van der Waals surface area contributed by atoms with E-state index in [-0.39, 0.29) is 13.0 Å². The lowest BCUT2D eigenvalue weighted by Crippen LogP contribution is -2.34. The molecule has 0 amide bonds. The number of unbranched alkanes of at least 4 members (excludes halogenated alkanes) is 23. The molecular formula is C36H72NO9P. The quantitative estimate of drug-likeness (QED) is 0.0325. The highest BCUT2D eigenvalue weighted by atomic mass is 31.2. The molecule has 0 saturated carbocycles. The van der Waals surface area contributed by atoms with E-state index in [4.69, 9.17) is 24.8 Å². The van der Waals surface area contributed by atoms with Crippen molar-refractivity contribution in [3.05, 3.63) is 0 Å². The van der Waals surface area contributed by atoms with Crippen molar-refractivity contribution >= 4 is 19.8 Å². The predicted octanol–water partition coefficient (Wildman–Crippen LogP) is 9.64. The summed E-state index contributed by atoms with van der Waals surface area (Å²) in [5, 5.41) is 8.85. The van der Waals surface area contributed by atoms with Gasteiger partial charge in [0.25, 0.3) is 0 Å². The maximum absolute atomic E-state index is 12.5. The average Bonchev–Trinajstić information content (AvgIpc) is 3.04. The van der Waals surface area contributed by atoms with Crippen molar-refractivity contribution in [2.45, 2.75) is 193 Å². The minimum atomic E-state index is -4.60. The van der Waals surface area contributed by atoms with Crippen LogP contribution in [0.5, 0.6) is 0 Å². The standard InChI is InChI=1S/C36H72NO9P/c1-3-5-7-9-11-13-14-15-16-17-18-19-21-23-25-27-29-43-30-33(31-44-47(41,42)45-32-34(37)36(39)40)46-35(38)28-26-24-22-20-12-10-8-6-4-2/h33-34H,3-32,37H2,1-2H3,(H,39,40)(H,41,42)/t33-,34+/m1/s1. The summed E-state index contributed by atoms with van der Waals surface area (Å²) in [5.74, 6) is -1.77. The van der Waals surface area contributed by atoms with Crippen LogP contribution in [0.4, 0.5) is 0 Å². The lowest BCUT2D eigenvalue weighted by molar-refractivity contribution is -0.154. The Hall–Kier alpha value is -1.03. The molecule has 0 bridgehead atoms. The van der Waals surface area contributed by atoms with Crippen molar-refractivity contribution in [2.75, 3.05) is 26.4 Å². The lowest BCUT2D eigenvalue weighted by Gasteiger charge is -2.20. The molecule has 0 aliphatic rings. The number of ether oxygens (including phenoxy) is 2. The SMILES string of the molecule is CCCCCCCCCCCCCCCCCCOC[C@H](COP(=O)(O)OC[C@H](N)C(=O)O)OC(=O)CCCCCCCCCCC. The molecule has 4 N–H and O–H groups in total. The Bertz CT molecular complexity index is 771. The van der Waals surface area contributed by atoms with E-state index >= 15 is 0 Å². The Morgan fingerprint density at radius 1 is 0.596 bits per heavy atom. The number of carbonyl (C=O) groups is 2. The van der Waals surface area contributed by atoms with E-state index in [1.807, 2.05) is 0 Å². The van der Waals surface area contributed by atoms with Crippen LogP contribution in [0.15, 0.2) is 0 Å². The molecule has 0 fully saturated rings. The van der Waals surface area contributed by atoms with E-state index < -0.39 is 45.1 Å². The first-order chi connectivity index (χ1) is 22.7. The van der Waals surface area contributed by atoms with E-state index in [1.54, 1.807) is 0 Å². The zero-order valence-electron chi connectivity index (χ0n) is 30.1. The number of hydrogen-bond donors (Lipinski definition) is 3. The smallest absolute Gasteiger partial charge is 0.472 e. The average molecular weight is 694 g/mol. The molecule has 47 heavy (non-hydrogen) atoms. The van der Waals surface area contributed by atoms with Gasteiger partial charge in [0.2, 0.25) is 0 Å². The van der Waals surface area contributed by atoms with E-state index in [2.05, 4.69) is 18.4 Å². The van der Waals surface area contributed by atoms with E-state index in [9.17, 15) is 19.0 Å². The first kappa shape index (κ1) is 46.0. The number of phosphoric ester groups is 1. The van der Waals surface area contributed by atoms with Crippen LogP contribution < -0.4 is 5.73 Å². The summed E-state index contributed by atoms with van der Waals surface area (Å²) in [5.41, 5.74) is 5.33. The molecule has 0 aromatic heterocycles. The van der Waals surface area contributed by atoms with Gasteiger partial charge in [0.15, 0.2) is 0 Å². The normalized spacial score (nSPS) is 14.1. The number of aliphatic carboxylic acids is 1. The van der Waals surface area contributed by atoms with Crippen LogP contribution in [-0.2, 0) is 32.7 Å². The lowest BCUT2D eigenvalue weighted by atomic mass is 10.0. The number of rotatable bonds is 37. The number of nitrogens with two attached hydrogens (primary N) is 1. The second kappa shape index (κ2) is 33.5. The van der Waals surface area contributed by atoms with Gasteiger partial charge in [-0.3, -0.25) is 18.6 Å². The molecular weight excluding hydrogens is 621 g/mol. The van der Waals surface area contributed by atoms with Crippen LogP contribution in [0, 0.1) is 0 Å². The third-order valence-corrected chi connectivity index (χ3v) is 9.34. The van der Waals surface area contributed by atoms with Crippen LogP contribution in [0.2, 0.25) is 0 Å². The Labute approximate surface area is 287 Å². The van der Waals surface area contributed by atoms with E-state index in [0.29, 0.717) is 6.61 Å². The first-order valence-electron chi connectivity index (χ1n) is 19.1. The number of carboxylic acid groups (broad SMARTS) is 1. The molecule has 11 heteroatoms. The molecule has 1 unspecified atom stereocenters. The largest absolute Gasteiger partial charge is 0.480 e. The van der Waals surface area contributed by atoms with Crippen LogP contribution in [0.3, 0.4) is 0 Å². The zero-order valence-corrected chi connectivity index (χ0v) is 31.0. The van der Waals surface area contributed by atoms with Gasteiger partial charge in [-0.15, -0.1) is 0 Å². The van der Waals surface area contributed by atoms with Gasteiger partial charge in [0.05, 0.1) is 19.8 Å². The number of esters is 1. The van der Waals surface area contributed by atoms with Crippen LogP contribution >= 0.6 is 7.82 Å². The summed E-state index contributed by atoms with van der Waals surface area (Å²) in [6.07, 6.45) is 30.2. The van der Waals surface area contributed by atoms with Crippen LogP contribution in [-0.4, -0.2) is 60.5 Å². The molecule has 0 aliphatic heterocycles. The van der Waals surface area contributed by atoms with Gasteiger partial charge in [-0.2, -0.15) is 0 Å². The molecule has 0 aliphatic carbocycles. The Balaban J connectivity index is 4.20. The highest BCUT2D eigenvalue weighted by molar-refractivity contribution is 7.47. The van der Waals surface area contributed by atoms with Gasteiger partial charge in [0.1, 0.15) is 12.1 Å². The topological polar surface area (TPSA) is 155 Å². The van der Waals surface area contributed by atoms with Gasteiger partial charge in [-0.1, -0.05) is 162 Å². The zero-order chi connectivity index (χ0) is 34.9. The number of carboxylic acids is 1. The Kier molecular flexibility index (Phi) is 32.7. The summed E-state index contributed by atoms with van der Waals surface area (Å²) >= 11 is 0. The minimum Gasteiger partial charge on any atom is -0.480 e. The van der Waals surface area contributed by atoms with Crippen molar-refractivity contribution in [2.24, 2.45) is 5.73 Å². The number of carbonyl (C=O) groups excluding carboxylic acids is 1. The van der Waals surface area contributed by atoms with Gasteiger partial charge in [0, 0.05) is 13.0 Å². The summed E-state index contributed by atoms with van der Waals surface area (Å²) < 4.78 is 33.1. The van der Waals surface area contributed by atoms with Crippen molar-refractivity contribution in [3.63, 3.8) is 0 Å². The third-order valence-electron chi connectivity index (χ3n) is 8.39.